The Hall–Kier alpha value is -1.32. The zero-order valence-corrected chi connectivity index (χ0v) is 20.4. The van der Waals surface area contributed by atoms with Gasteiger partial charge in [-0.2, -0.15) is 0 Å². The van der Waals surface area contributed by atoms with E-state index in [0.717, 1.165) is 41.8 Å². The third-order valence-corrected chi connectivity index (χ3v) is 5.18. The van der Waals surface area contributed by atoms with Crippen molar-refractivity contribution in [2.75, 3.05) is 33.7 Å². The summed E-state index contributed by atoms with van der Waals surface area (Å²) >= 11 is 7.56. The van der Waals surface area contributed by atoms with Crippen molar-refractivity contribution in [1.82, 2.24) is 15.5 Å². The smallest absolute Gasteiger partial charge is 0.253 e. The van der Waals surface area contributed by atoms with Crippen LogP contribution in [0.5, 0.6) is 0 Å². The average molecular weight is 535 g/mol. The van der Waals surface area contributed by atoms with Gasteiger partial charge in [0.1, 0.15) is 0 Å². The Bertz CT molecular complexity index is 779. The fraction of sp³-hybridized carbons (Fsp3) is 0.400. The van der Waals surface area contributed by atoms with Crippen LogP contribution in [0.2, 0.25) is 4.34 Å². The summed E-state index contributed by atoms with van der Waals surface area (Å²) in [6.45, 7) is 4.31. The Labute approximate surface area is 193 Å². The van der Waals surface area contributed by atoms with Crippen molar-refractivity contribution in [2.24, 2.45) is 4.99 Å². The molecule has 8 heteroatoms. The Morgan fingerprint density at radius 2 is 1.96 bits per heavy atom. The summed E-state index contributed by atoms with van der Waals surface area (Å²) < 4.78 is 0.814. The lowest BCUT2D eigenvalue weighted by atomic mass is 10.1. The minimum atomic E-state index is 0. The van der Waals surface area contributed by atoms with Crippen LogP contribution in [0.1, 0.15) is 27.7 Å². The van der Waals surface area contributed by atoms with Gasteiger partial charge in [0, 0.05) is 50.6 Å². The van der Waals surface area contributed by atoms with E-state index in [1.54, 1.807) is 30.3 Å². The normalized spacial score (nSPS) is 10.9. The number of hydrogen-bond donors (Lipinski definition) is 2. The van der Waals surface area contributed by atoms with Gasteiger partial charge in [-0.05, 0) is 43.2 Å². The van der Waals surface area contributed by atoms with Gasteiger partial charge in [-0.15, -0.1) is 35.3 Å². The van der Waals surface area contributed by atoms with Gasteiger partial charge in [0.2, 0.25) is 0 Å². The molecule has 0 radical (unpaired) electrons. The number of thiophene rings is 1. The fourth-order valence-electron chi connectivity index (χ4n) is 2.55. The first kappa shape index (κ1) is 24.7. The number of benzene rings is 1. The zero-order chi connectivity index (χ0) is 19.6. The minimum absolute atomic E-state index is 0. The van der Waals surface area contributed by atoms with E-state index in [0.29, 0.717) is 12.1 Å². The van der Waals surface area contributed by atoms with Gasteiger partial charge in [0.05, 0.1) is 4.34 Å². The first-order chi connectivity index (χ1) is 13.0. The molecule has 0 fully saturated rings. The van der Waals surface area contributed by atoms with Crippen LogP contribution in [-0.4, -0.2) is 50.5 Å². The van der Waals surface area contributed by atoms with Crippen molar-refractivity contribution in [3.05, 3.63) is 56.7 Å². The van der Waals surface area contributed by atoms with Gasteiger partial charge >= 0.3 is 0 Å². The van der Waals surface area contributed by atoms with Crippen LogP contribution in [0, 0.1) is 0 Å². The summed E-state index contributed by atoms with van der Waals surface area (Å²) in [6, 6.07) is 11.7. The second-order valence-electron chi connectivity index (χ2n) is 6.29. The van der Waals surface area contributed by atoms with Crippen LogP contribution in [0.4, 0.5) is 0 Å². The Balaban J connectivity index is 0.00000392. The number of amides is 1. The predicted molar refractivity (Wildman–Crippen MR) is 131 cm³/mol. The summed E-state index contributed by atoms with van der Waals surface area (Å²) in [5.41, 5.74) is 1.84. The molecule has 0 spiro atoms. The van der Waals surface area contributed by atoms with Crippen LogP contribution >= 0.6 is 46.9 Å². The number of rotatable bonds is 8. The Morgan fingerprint density at radius 1 is 1.18 bits per heavy atom. The van der Waals surface area contributed by atoms with Gasteiger partial charge < -0.3 is 15.5 Å². The Kier molecular flexibility index (Phi) is 11.5. The molecule has 0 bridgehead atoms. The number of aliphatic imine (C=N–C) groups is 1. The molecule has 1 amide bonds. The van der Waals surface area contributed by atoms with E-state index in [2.05, 4.69) is 15.6 Å². The van der Waals surface area contributed by atoms with E-state index < -0.39 is 0 Å². The summed E-state index contributed by atoms with van der Waals surface area (Å²) in [4.78, 5) is 19.5. The molecular formula is C20H28ClIN4OS. The summed E-state index contributed by atoms with van der Waals surface area (Å²) in [6.07, 6.45) is 1.70. The lowest BCUT2D eigenvalue weighted by Gasteiger charge is -2.13. The van der Waals surface area contributed by atoms with E-state index in [4.69, 9.17) is 11.6 Å². The van der Waals surface area contributed by atoms with Crippen LogP contribution in [0.25, 0.3) is 0 Å². The number of carbonyl (C=O) groups is 1. The molecule has 0 atom stereocenters. The molecule has 28 heavy (non-hydrogen) atoms. The van der Waals surface area contributed by atoms with Crippen molar-refractivity contribution >= 4 is 58.8 Å². The van der Waals surface area contributed by atoms with Gasteiger partial charge in [0.15, 0.2) is 5.96 Å². The van der Waals surface area contributed by atoms with Crippen LogP contribution in [0.3, 0.4) is 0 Å². The number of hydrogen-bond acceptors (Lipinski definition) is 3. The van der Waals surface area contributed by atoms with Crippen molar-refractivity contribution < 1.29 is 4.79 Å². The highest BCUT2D eigenvalue weighted by Gasteiger charge is 2.08. The Morgan fingerprint density at radius 3 is 2.61 bits per heavy atom. The summed E-state index contributed by atoms with van der Waals surface area (Å²) in [5, 5.41) is 6.61. The van der Waals surface area contributed by atoms with E-state index >= 15 is 0 Å². The highest BCUT2D eigenvalue weighted by atomic mass is 127. The molecule has 2 N–H and O–H groups in total. The lowest BCUT2D eigenvalue weighted by molar-refractivity contribution is 0.0827. The maximum Gasteiger partial charge on any atom is 0.253 e. The van der Waals surface area contributed by atoms with E-state index in [-0.39, 0.29) is 29.9 Å². The molecule has 1 aromatic carbocycles. The topological polar surface area (TPSA) is 56.7 Å². The fourth-order valence-corrected chi connectivity index (χ4v) is 3.63. The van der Waals surface area contributed by atoms with Gasteiger partial charge in [0.25, 0.3) is 5.91 Å². The molecule has 154 valence electrons. The van der Waals surface area contributed by atoms with Gasteiger partial charge in [-0.25, -0.2) is 0 Å². The first-order valence-electron chi connectivity index (χ1n) is 9.06. The average Bonchev–Trinajstić information content (AvgIpc) is 3.06. The molecule has 0 unspecified atom stereocenters. The molecule has 1 heterocycles. The van der Waals surface area contributed by atoms with Gasteiger partial charge in [-0.1, -0.05) is 23.7 Å². The molecule has 0 aliphatic rings. The van der Waals surface area contributed by atoms with Crippen molar-refractivity contribution in [2.45, 2.75) is 19.8 Å². The van der Waals surface area contributed by atoms with E-state index in [1.807, 2.05) is 43.3 Å². The van der Waals surface area contributed by atoms with Crippen LogP contribution in [-0.2, 0) is 12.8 Å². The van der Waals surface area contributed by atoms with E-state index in [1.165, 1.54) is 4.88 Å². The van der Waals surface area contributed by atoms with Crippen molar-refractivity contribution in [3.8, 4) is 0 Å². The number of guanidine groups is 1. The van der Waals surface area contributed by atoms with Gasteiger partial charge in [-0.3, -0.25) is 9.79 Å². The molecular weight excluding hydrogens is 507 g/mol. The number of halogens is 2. The third kappa shape index (κ3) is 8.36. The summed E-state index contributed by atoms with van der Waals surface area (Å²) in [5.74, 6) is 0.828. The standard InChI is InChI=1S/C20H27ClN4OS.HI/c1-4-22-20(24-13-11-17-8-9-18(21)27-17)23-12-10-15-6-5-7-16(14-15)19(26)25(2)3;/h5-9,14H,4,10-13H2,1-3H3,(H2,22,23,24);1H. The molecule has 0 saturated heterocycles. The second kappa shape index (κ2) is 13.0. The summed E-state index contributed by atoms with van der Waals surface area (Å²) in [7, 11) is 3.53. The second-order valence-corrected chi connectivity index (χ2v) is 8.09. The maximum absolute atomic E-state index is 12.1. The van der Waals surface area contributed by atoms with Crippen molar-refractivity contribution in [1.29, 1.82) is 0 Å². The highest BCUT2D eigenvalue weighted by molar-refractivity contribution is 14.0. The number of nitrogens with zero attached hydrogens (tertiary/aromatic N) is 2. The minimum Gasteiger partial charge on any atom is -0.357 e. The predicted octanol–water partition coefficient (Wildman–Crippen LogP) is 4.06. The number of nitrogens with one attached hydrogen (secondary N) is 2. The quantitative estimate of drug-likeness (QED) is 0.305. The third-order valence-electron chi connectivity index (χ3n) is 3.89. The first-order valence-corrected chi connectivity index (χ1v) is 10.3. The molecule has 0 saturated carbocycles. The SMILES string of the molecule is CCNC(=NCCc1ccc(Cl)s1)NCCc1cccc(C(=O)N(C)C)c1.I. The lowest BCUT2D eigenvalue weighted by Crippen LogP contribution is -2.38. The maximum atomic E-state index is 12.1. The largest absolute Gasteiger partial charge is 0.357 e. The number of carbonyl (C=O) groups excluding carboxylic acids is 1. The highest BCUT2D eigenvalue weighted by Crippen LogP contribution is 2.21. The molecule has 0 aliphatic carbocycles. The van der Waals surface area contributed by atoms with E-state index in [9.17, 15) is 4.79 Å². The molecule has 2 rings (SSSR count). The molecule has 2 aromatic rings. The zero-order valence-electron chi connectivity index (χ0n) is 16.5. The van der Waals surface area contributed by atoms with Crippen LogP contribution in [0.15, 0.2) is 41.4 Å². The molecule has 1 aromatic heterocycles. The van der Waals surface area contributed by atoms with Crippen LogP contribution < -0.4 is 10.6 Å². The monoisotopic (exact) mass is 534 g/mol. The molecule has 0 aliphatic heterocycles. The van der Waals surface area contributed by atoms with Crippen molar-refractivity contribution in [3.63, 3.8) is 0 Å². The molecule has 5 nitrogen and oxygen atoms in total.